The second kappa shape index (κ2) is 5.03. The average Bonchev–Trinajstić information content (AvgIpc) is 2.06. The van der Waals surface area contributed by atoms with E-state index in [9.17, 15) is 18.0 Å². The lowest BCUT2D eigenvalue weighted by atomic mass is 9.86. The minimum atomic E-state index is -4.18. The minimum absolute atomic E-state index is 0.0398. The first-order chi connectivity index (χ1) is 6.90. The largest absolute Gasteiger partial charge is 0.401 e. The van der Waals surface area contributed by atoms with Gasteiger partial charge in [-0.2, -0.15) is 13.2 Å². The van der Waals surface area contributed by atoms with Crippen molar-refractivity contribution in [2.24, 2.45) is 0 Å². The van der Waals surface area contributed by atoms with E-state index in [0.717, 1.165) is 0 Å². The van der Waals surface area contributed by atoms with Crippen molar-refractivity contribution in [1.82, 2.24) is 10.6 Å². The molecule has 0 aromatic rings. The first-order valence-electron chi connectivity index (χ1n) is 4.56. The van der Waals surface area contributed by atoms with E-state index in [4.69, 9.17) is 11.6 Å². The fourth-order valence-corrected chi connectivity index (χ4v) is 1.51. The molecule has 0 saturated heterocycles. The van der Waals surface area contributed by atoms with Crippen molar-refractivity contribution in [3.8, 4) is 0 Å². The van der Waals surface area contributed by atoms with Crippen LogP contribution in [0.2, 0.25) is 0 Å². The fourth-order valence-electron chi connectivity index (χ4n) is 1.43. The Morgan fingerprint density at radius 1 is 1.33 bits per heavy atom. The van der Waals surface area contributed by atoms with Gasteiger partial charge >= 0.3 is 6.18 Å². The predicted octanol–water partition coefficient (Wildman–Crippen LogP) is 1.02. The van der Waals surface area contributed by atoms with Gasteiger partial charge < -0.3 is 10.6 Å². The third-order valence-electron chi connectivity index (χ3n) is 2.22. The molecular formula is C8H12ClF3N2O. The van der Waals surface area contributed by atoms with Crippen LogP contribution in [0.15, 0.2) is 0 Å². The molecule has 0 atom stereocenters. The molecule has 0 bridgehead atoms. The Labute approximate surface area is 90.3 Å². The minimum Gasteiger partial charge on any atom is -0.352 e. The van der Waals surface area contributed by atoms with E-state index in [2.05, 4.69) is 10.6 Å². The Hall–Kier alpha value is -0.490. The van der Waals surface area contributed by atoms with Crippen LogP contribution in [-0.4, -0.2) is 36.6 Å². The number of carbonyl (C=O) groups excluding carboxylic acids is 1. The number of carbonyl (C=O) groups is 1. The fraction of sp³-hybridized carbons (Fsp3) is 0.875. The van der Waals surface area contributed by atoms with E-state index < -0.39 is 12.7 Å². The summed E-state index contributed by atoms with van der Waals surface area (Å²) in [5, 5.41) is 4.97. The molecule has 1 saturated carbocycles. The van der Waals surface area contributed by atoms with Gasteiger partial charge in [0.05, 0.1) is 6.54 Å². The molecule has 88 valence electrons. The molecule has 0 spiro atoms. The lowest BCUT2D eigenvalue weighted by molar-refractivity contribution is -0.128. The third-order valence-corrected chi connectivity index (χ3v) is 2.46. The average molecular weight is 245 g/mol. The summed E-state index contributed by atoms with van der Waals surface area (Å²) in [5.74, 6) is -0.395. The molecule has 15 heavy (non-hydrogen) atoms. The van der Waals surface area contributed by atoms with Crippen LogP contribution in [0.25, 0.3) is 0 Å². The van der Waals surface area contributed by atoms with Gasteiger partial charge in [0.25, 0.3) is 0 Å². The van der Waals surface area contributed by atoms with Gasteiger partial charge in [-0.05, 0) is 12.8 Å². The number of hydrogen-bond acceptors (Lipinski definition) is 2. The van der Waals surface area contributed by atoms with Crippen LogP contribution in [0.5, 0.6) is 0 Å². The number of nitrogens with one attached hydrogen (secondary N) is 2. The maximum Gasteiger partial charge on any atom is 0.401 e. The van der Waals surface area contributed by atoms with Crippen LogP contribution in [0, 0.1) is 0 Å². The molecular weight excluding hydrogens is 233 g/mol. The van der Waals surface area contributed by atoms with Crippen molar-refractivity contribution in [3.63, 3.8) is 0 Å². The molecule has 0 aromatic carbocycles. The summed E-state index contributed by atoms with van der Waals surface area (Å²) in [4.78, 5) is 10.8. The standard InChI is InChI=1S/C8H12ClF3N2O/c9-3-7(15)14-6-1-5(2-6)13-4-8(10,11)12/h5-6,13H,1-4H2,(H,14,15). The van der Waals surface area contributed by atoms with Crippen molar-refractivity contribution in [2.45, 2.75) is 31.1 Å². The zero-order valence-corrected chi connectivity index (χ0v) is 8.66. The van der Waals surface area contributed by atoms with E-state index in [1.165, 1.54) is 0 Å². The summed E-state index contributed by atoms with van der Waals surface area (Å²) in [6.07, 6.45) is -3.12. The lowest BCUT2D eigenvalue weighted by Gasteiger charge is -2.36. The topological polar surface area (TPSA) is 41.1 Å². The van der Waals surface area contributed by atoms with Gasteiger partial charge in [-0.1, -0.05) is 0 Å². The summed E-state index contributed by atoms with van der Waals surface area (Å²) in [7, 11) is 0. The van der Waals surface area contributed by atoms with Crippen LogP contribution in [0.4, 0.5) is 13.2 Å². The van der Waals surface area contributed by atoms with Gasteiger partial charge in [0.1, 0.15) is 5.88 Å². The zero-order chi connectivity index (χ0) is 11.5. The van der Waals surface area contributed by atoms with Gasteiger partial charge in [0.2, 0.25) is 5.91 Å². The molecule has 7 heteroatoms. The summed E-state index contributed by atoms with van der Waals surface area (Å²) in [5.41, 5.74) is 0. The predicted molar refractivity (Wildman–Crippen MR) is 49.7 cm³/mol. The van der Waals surface area contributed by atoms with E-state index in [1.54, 1.807) is 0 Å². The van der Waals surface area contributed by atoms with Gasteiger partial charge in [0, 0.05) is 12.1 Å². The highest BCUT2D eigenvalue weighted by molar-refractivity contribution is 6.27. The number of halogens is 4. The van der Waals surface area contributed by atoms with E-state index in [1.807, 2.05) is 0 Å². The van der Waals surface area contributed by atoms with Crippen molar-refractivity contribution in [3.05, 3.63) is 0 Å². The maximum absolute atomic E-state index is 11.8. The quantitative estimate of drug-likeness (QED) is 0.725. The van der Waals surface area contributed by atoms with Gasteiger partial charge in [-0.3, -0.25) is 4.79 Å². The molecule has 0 unspecified atom stereocenters. The molecule has 3 nitrogen and oxygen atoms in total. The molecule has 1 amide bonds. The summed E-state index contributed by atoms with van der Waals surface area (Å²) >= 11 is 5.26. The third kappa shape index (κ3) is 4.70. The highest BCUT2D eigenvalue weighted by Crippen LogP contribution is 2.21. The monoisotopic (exact) mass is 244 g/mol. The Kier molecular flexibility index (Phi) is 4.21. The Balaban J connectivity index is 2.08. The SMILES string of the molecule is O=C(CCl)NC1CC(NCC(F)(F)F)C1. The van der Waals surface area contributed by atoms with Gasteiger partial charge in [0.15, 0.2) is 0 Å². The van der Waals surface area contributed by atoms with E-state index in [-0.39, 0.29) is 23.9 Å². The second-order valence-electron chi connectivity index (χ2n) is 3.56. The van der Waals surface area contributed by atoms with E-state index in [0.29, 0.717) is 12.8 Å². The molecule has 1 aliphatic rings. The molecule has 0 aliphatic heterocycles. The number of alkyl halides is 4. The second-order valence-corrected chi connectivity index (χ2v) is 3.83. The molecule has 1 fully saturated rings. The van der Waals surface area contributed by atoms with E-state index >= 15 is 0 Å². The summed E-state index contributed by atoms with van der Waals surface area (Å²) < 4.78 is 35.4. The zero-order valence-electron chi connectivity index (χ0n) is 7.90. The van der Waals surface area contributed by atoms with Gasteiger partial charge in [-0.25, -0.2) is 0 Å². The van der Waals surface area contributed by atoms with Crippen molar-refractivity contribution in [2.75, 3.05) is 12.4 Å². The maximum atomic E-state index is 11.8. The highest BCUT2D eigenvalue weighted by Gasteiger charge is 2.34. The van der Waals surface area contributed by atoms with Crippen molar-refractivity contribution in [1.29, 1.82) is 0 Å². The molecule has 0 heterocycles. The number of hydrogen-bond donors (Lipinski definition) is 2. The molecule has 0 radical (unpaired) electrons. The van der Waals surface area contributed by atoms with Crippen molar-refractivity contribution < 1.29 is 18.0 Å². The van der Waals surface area contributed by atoms with Crippen LogP contribution in [0.3, 0.4) is 0 Å². The number of rotatable bonds is 4. The van der Waals surface area contributed by atoms with Crippen LogP contribution in [-0.2, 0) is 4.79 Å². The number of amides is 1. The first-order valence-corrected chi connectivity index (χ1v) is 5.09. The summed E-state index contributed by atoms with van der Waals surface area (Å²) in [6.45, 7) is -0.978. The molecule has 1 aliphatic carbocycles. The lowest BCUT2D eigenvalue weighted by Crippen LogP contribution is -2.54. The highest BCUT2D eigenvalue weighted by atomic mass is 35.5. The van der Waals surface area contributed by atoms with Crippen LogP contribution >= 0.6 is 11.6 Å². The molecule has 0 aromatic heterocycles. The first kappa shape index (κ1) is 12.6. The Morgan fingerprint density at radius 2 is 1.93 bits per heavy atom. The smallest absolute Gasteiger partial charge is 0.352 e. The molecule has 1 rings (SSSR count). The van der Waals surface area contributed by atoms with Crippen molar-refractivity contribution >= 4 is 17.5 Å². The molecule has 2 N–H and O–H groups in total. The van der Waals surface area contributed by atoms with Gasteiger partial charge in [-0.15, -0.1) is 11.6 Å². The Morgan fingerprint density at radius 3 is 2.40 bits per heavy atom. The summed E-state index contributed by atoms with van der Waals surface area (Å²) in [6, 6.07) is -0.200. The normalized spacial score (nSPS) is 25.9. The Bertz CT molecular complexity index is 228. The van der Waals surface area contributed by atoms with Crippen LogP contribution in [0.1, 0.15) is 12.8 Å². The van der Waals surface area contributed by atoms with Crippen LogP contribution < -0.4 is 10.6 Å².